The molecule has 0 aliphatic carbocycles. The lowest BCUT2D eigenvalue weighted by atomic mass is 9.82. The summed E-state index contributed by atoms with van der Waals surface area (Å²) in [5, 5.41) is 2.94. The van der Waals surface area contributed by atoms with E-state index in [9.17, 15) is 4.57 Å². The Morgan fingerprint density at radius 3 is 2.47 bits per heavy atom. The molecule has 0 fully saturated rings. The second kappa shape index (κ2) is 6.27. The summed E-state index contributed by atoms with van der Waals surface area (Å²) in [5.41, 5.74) is 1.15. The summed E-state index contributed by atoms with van der Waals surface area (Å²) in [6, 6.07) is 5.49. The fourth-order valence-corrected chi connectivity index (χ4v) is 2.54. The number of halogens is 1. The molecule has 1 unspecified atom stereocenters. The molecule has 1 rings (SSSR count). The quantitative estimate of drug-likeness (QED) is 0.792. The molecule has 19 heavy (non-hydrogen) atoms. The first kappa shape index (κ1) is 16.5. The van der Waals surface area contributed by atoms with Crippen molar-refractivity contribution in [2.24, 2.45) is 0 Å². The summed E-state index contributed by atoms with van der Waals surface area (Å²) < 4.78 is 22.1. The molecular weight excluding hydrogens is 285 g/mol. The first-order valence-electron chi connectivity index (χ1n) is 6.12. The minimum Gasteiger partial charge on any atom is -0.412 e. The standard InChI is InChI=1S/C13H21ClNO3P/c1-6-13(2,3)10-7-8-12(11(14)9-10)18-19(16,15-4)17-5/h7-9H,6H2,1-5H3,(H,15,16). The van der Waals surface area contributed by atoms with Gasteiger partial charge in [-0.25, -0.2) is 9.65 Å². The second-order valence-corrected chi connectivity index (χ2v) is 7.27. The Kier molecular flexibility index (Phi) is 5.45. The highest BCUT2D eigenvalue weighted by Gasteiger charge is 2.25. The van der Waals surface area contributed by atoms with Crippen molar-refractivity contribution in [1.82, 2.24) is 5.09 Å². The lowest BCUT2D eigenvalue weighted by Gasteiger charge is -2.24. The fraction of sp³-hybridized carbons (Fsp3) is 0.538. The van der Waals surface area contributed by atoms with E-state index in [2.05, 4.69) is 25.9 Å². The van der Waals surface area contributed by atoms with Crippen LogP contribution in [0.2, 0.25) is 5.02 Å². The van der Waals surface area contributed by atoms with Crippen molar-refractivity contribution >= 4 is 19.3 Å². The van der Waals surface area contributed by atoms with Crippen LogP contribution in [0.3, 0.4) is 0 Å². The maximum atomic E-state index is 12.0. The molecule has 0 bridgehead atoms. The first-order chi connectivity index (χ1) is 8.78. The van der Waals surface area contributed by atoms with Gasteiger partial charge in [-0.2, -0.15) is 0 Å². The van der Waals surface area contributed by atoms with Crippen LogP contribution in [-0.2, 0) is 14.5 Å². The Bertz CT molecular complexity index is 483. The Labute approximate surface area is 120 Å². The smallest absolute Gasteiger partial charge is 0.412 e. The third kappa shape index (κ3) is 3.96. The molecule has 0 amide bonds. The Morgan fingerprint density at radius 2 is 2.05 bits per heavy atom. The highest BCUT2D eigenvalue weighted by atomic mass is 35.5. The number of nitrogens with one attached hydrogen (secondary N) is 1. The van der Waals surface area contributed by atoms with E-state index >= 15 is 0 Å². The topological polar surface area (TPSA) is 47.6 Å². The van der Waals surface area contributed by atoms with Gasteiger partial charge in [-0.1, -0.05) is 38.4 Å². The van der Waals surface area contributed by atoms with Crippen LogP contribution in [0, 0.1) is 0 Å². The van der Waals surface area contributed by atoms with Gasteiger partial charge in [-0.3, -0.25) is 4.52 Å². The van der Waals surface area contributed by atoms with Gasteiger partial charge in [-0.05, 0) is 36.6 Å². The van der Waals surface area contributed by atoms with Crippen molar-refractivity contribution in [2.75, 3.05) is 14.2 Å². The molecule has 6 heteroatoms. The predicted molar refractivity (Wildman–Crippen MR) is 79.1 cm³/mol. The van der Waals surface area contributed by atoms with E-state index < -0.39 is 7.75 Å². The van der Waals surface area contributed by atoms with Crippen molar-refractivity contribution < 1.29 is 13.6 Å². The largest absolute Gasteiger partial charge is 0.458 e. The summed E-state index contributed by atoms with van der Waals surface area (Å²) in [4.78, 5) is 0. The SMILES string of the molecule is CCC(C)(C)c1ccc(OP(=O)(NC)OC)c(Cl)c1. The summed E-state index contributed by atoms with van der Waals surface area (Å²) in [7, 11) is -0.501. The number of rotatable bonds is 6. The van der Waals surface area contributed by atoms with Gasteiger partial charge in [0, 0.05) is 7.11 Å². The average molecular weight is 306 g/mol. The summed E-state index contributed by atoms with van der Waals surface area (Å²) in [6.45, 7) is 6.41. The zero-order chi connectivity index (χ0) is 14.7. The van der Waals surface area contributed by atoms with E-state index in [1.807, 2.05) is 12.1 Å². The second-order valence-electron chi connectivity index (χ2n) is 4.88. The van der Waals surface area contributed by atoms with Gasteiger partial charge < -0.3 is 4.52 Å². The van der Waals surface area contributed by atoms with Crippen molar-refractivity contribution in [1.29, 1.82) is 0 Å². The minimum absolute atomic E-state index is 0.0378. The molecule has 0 aliphatic heterocycles. The van der Waals surface area contributed by atoms with Gasteiger partial charge >= 0.3 is 7.75 Å². The molecular formula is C13H21ClNO3P. The molecule has 0 saturated heterocycles. The fourth-order valence-electron chi connectivity index (χ4n) is 1.50. The first-order valence-corrected chi connectivity index (χ1v) is 8.04. The molecule has 4 nitrogen and oxygen atoms in total. The predicted octanol–water partition coefficient (Wildman–Crippen LogP) is 4.38. The minimum atomic E-state index is -3.33. The Balaban J connectivity index is 3.05. The van der Waals surface area contributed by atoms with Gasteiger partial charge in [0.2, 0.25) is 0 Å². The monoisotopic (exact) mass is 305 g/mol. The van der Waals surface area contributed by atoms with Crippen molar-refractivity contribution in [3.63, 3.8) is 0 Å². The third-order valence-corrected chi connectivity index (χ3v) is 5.09. The summed E-state index contributed by atoms with van der Waals surface area (Å²) >= 11 is 6.18. The van der Waals surface area contributed by atoms with Gasteiger partial charge in [0.25, 0.3) is 0 Å². The number of hydrogen-bond acceptors (Lipinski definition) is 3. The van der Waals surface area contributed by atoms with Crippen molar-refractivity contribution in [3.8, 4) is 5.75 Å². The molecule has 0 spiro atoms. The summed E-state index contributed by atoms with van der Waals surface area (Å²) in [6.07, 6.45) is 0.997. The van der Waals surface area contributed by atoms with Crippen LogP contribution in [-0.4, -0.2) is 14.2 Å². The Morgan fingerprint density at radius 1 is 1.42 bits per heavy atom. The van der Waals surface area contributed by atoms with Crippen LogP contribution in [0.1, 0.15) is 32.8 Å². The van der Waals surface area contributed by atoms with E-state index in [1.165, 1.54) is 14.2 Å². The molecule has 0 radical (unpaired) electrons. The lowest BCUT2D eigenvalue weighted by molar-refractivity contribution is 0.313. The lowest BCUT2D eigenvalue weighted by Crippen LogP contribution is -2.15. The van der Waals surface area contributed by atoms with Crippen molar-refractivity contribution in [2.45, 2.75) is 32.6 Å². The van der Waals surface area contributed by atoms with Crippen molar-refractivity contribution in [3.05, 3.63) is 28.8 Å². The normalized spacial score (nSPS) is 15.1. The molecule has 0 saturated carbocycles. The van der Waals surface area contributed by atoms with Crippen LogP contribution < -0.4 is 9.61 Å². The number of hydrogen-bond donors (Lipinski definition) is 1. The van der Waals surface area contributed by atoms with Gasteiger partial charge in [0.15, 0.2) is 0 Å². The van der Waals surface area contributed by atoms with E-state index in [0.29, 0.717) is 10.8 Å². The molecule has 0 aromatic heterocycles. The maximum Gasteiger partial charge on any atom is 0.458 e. The van der Waals surface area contributed by atoms with Crippen LogP contribution >= 0.6 is 19.3 Å². The Hall–Kier alpha value is -0.540. The van der Waals surface area contributed by atoms with E-state index in [1.54, 1.807) is 6.07 Å². The molecule has 1 N–H and O–H groups in total. The highest BCUT2D eigenvalue weighted by molar-refractivity contribution is 7.52. The molecule has 1 aromatic carbocycles. The molecule has 0 heterocycles. The van der Waals surface area contributed by atoms with E-state index in [-0.39, 0.29) is 5.41 Å². The zero-order valence-corrected chi connectivity index (χ0v) is 13.6. The number of benzene rings is 1. The summed E-state index contributed by atoms with van der Waals surface area (Å²) in [5.74, 6) is 0.344. The van der Waals surface area contributed by atoms with Gasteiger partial charge in [-0.15, -0.1) is 0 Å². The third-order valence-electron chi connectivity index (χ3n) is 3.33. The van der Waals surface area contributed by atoms with Crippen LogP contribution in [0.15, 0.2) is 18.2 Å². The highest BCUT2D eigenvalue weighted by Crippen LogP contribution is 2.45. The van der Waals surface area contributed by atoms with E-state index in [0.717, 1.165) is 12.0 Å². The van der Waals surface area contributed by atoms with Gasteiger partial charge in [0.05, 0.1) is 5.02 Å². The van der Waals surface area contributed by atoms with E-state index in [4.69, 9.17) is 20.6 Å². The van der Waals surface area contributed by atoms with Crippen LogP contribution in [0.5, 0.6) is 5.75 Å². The molecule has 0 aliphatic rings. The average Bonchev–Trinajstić information content (AvgIpc) is 2.40. The zero-order valence-electron chi connectivity index (χ0n) is 12.0. The van der Waals surface area contributed by atoms with Gasteiger partial charge in [0.1, 0.15) is 5.75 Å². The van der Waals surface area contributed by atoms with Crippen LogP contribution in [0.4, 0.5) is 0 Å². The molecule has 1 atom stereocenters. The van der Waals surface area contributed by atoms with Crippen LogP contribution in [0.25, 0.3) is 0 Å². The molecule has 1 aromatic rings. The molecule has 108 valence electrons. The maximum absolute atomic E-state index is 12.0.